The second kappa shape index (κ2) is 10.4. The standard InChI is InChI=1S/C44H28O/c1-3-12-29(13-4-1)31-22-24-32(25-23-31)42-34-16-7-8-17-35(34)43(36-27-26-33(28-39(36)42)30-14-5-2-6-15-30)38-19-11-21-41-44(38)37-18-9-10-20-40(37)45-41/h1-28H/i1D,2D,3D,4D,5D,6D,7D,8D,12D,13D,14D,15D,16D,17D,22D,23D,24D,25D,26D,27D,28D. The van der Waals surface area contributed by atoms with Crippen LogP contribution in [-0.4, -0.2) is 0 Å². The molecule has 1 heteroatoms. The number of benzene rings is 8. The molecule has 0 fully saturated rings. The largest absolute Gasteiger partial charge is 0.456 e. The van der Waals surface area contributed by atoms with Gasteiger partial charge in [0.05, 0.1) is 28.8 Å². The van der Waals surface area contributed by atoms with Crippen molar-refractivity contribution >= 4 is 43.5 Å². The van der Waals surface area contributed by atoms with Crippen LogP contribution < -0.4 is 0 Å². The molecule has 9 rings (SSSR count). The summed E-state index contributed by atoms with van der Waals surface area (Å²) in [7, 11) is 0. The molecule has 0 amide bonds. The molecule has 0 saturated heterocycles. The Morgan fingerprint density at radius 3 is 1.69 bits per heavy atom. The Morgan fingerprint density at radius 2 is 0.933 bits per heavy atom. The summed E-state index contributed by atoms with van der Waals surface area (Å²) in [4.78, 5) is 0. The Hall–Kier alpha value is -5.92. The maximum atomic E-state index is 9.98. The van der Waals surface area contributed by atoms with E-state index in [-0.39, 0.29) is 21.9 Å². The first kappa shape index (κ1) is 12.2. The first-order valence-electron chi connectivity index (χ1n) is 24.2. The van der Waals surface area contributed by atoms with Gasteiger partial charge in [-0.05, 0) is 84.2 Å². The molecule has 1 nitrogen and oxygen atoms in total. The number of furan rings is 1. The van der Waals surface area contributed by atoms with Gasteiger partial charge in [0, 0.05) is 10.8 Å². The lowest BCUT2D eigenvalue weighted by Gasteiger charge is -2.19. The van der Waals surface area contributed by atoms with Gasteiger partial charge in [0.1, 0.15) is 11.2 Å². The summed E-state index contributed by atoms with van der Waals surface area (Å²) in [6.07, 6.45) is 0. The minimum absolute atomic E-state index is 0.140. The fourth-order valence-electron chi connectivity index (χ4n) is 5.66. The Bertz CT molecular complexity index is 3640. The van der Waals surface area contributed by atoms with Crippen molar-refractivity contribution in [1.82, 2.24) is 0 Å². The molecular weight excluding hydrogens is 544 g/mol. The van der Waals surface area contributed by atoms with Crippen molar-refractivity contribution in [2.75, 3.05) is 0 Å². The maximum absolute atomic E-state index is 9.98. The molecular formula is C44H28O. The first-order valence-corrected chi connectivity index (χ1v) is 13.7. The first-order chi connectivity index (χ1) is 31.1. The highest BCUT2D eigenvalue weighted by molar-refractivity contribution is 6.26. The lowest BCUT2D eigenvalue weighted by atomic mass is 9.83. The summed E-state index contributed by atoms with van der Waals surface area (Å²) in [5.41, 5.74) is -3.31. The highest BCUT2D eigenvalue weighted by Crippen LogP contribution is 2.47. The van der Waals surface area contributed by atoms with Gasteiger partial charge in [-0.25, -0.2) is 0 Å². The van der Waals surface area contributed by atoms with E-state index in [0.717, 1.165) is 0 Å². The van der Waals surface area contributed by atoms with E-state index in [1.54, 1.807) is 42.5 Å². The fourth-order valence-corrected chi connectivity index (χ4v) is 5.66. The van der Waals surface area contributed by atoms with Crippen LogP contribution in [0, 0.1) is 0 Å². The lowest BCUT2D eigenvalue weighted by Crippen LogP contribution is -1.92. The Kier molecular flexibility index (Phi) is 2.82. The quantitative estimate of drug-likeness (QED) is 0.185. The highest BCUT2D eigenvalue weighted by Gasteiger charge is 2.20. The molecule has 8 aromatic carbocycles. The smallest absolute Gasteiger partial charge is 0.136 e. The van der Waals surface area contributed by atoms with E-state index in [2.05, 4.69) is 0 Å². The van der Waals surface area contributed by atoms with E-state index < -0.39 is 171 Å². The molecule has 0 unspecified atom stereocenters. The summed E-state index contributed by atoms with van der Waals surface area (Å²) >= 11 is 0. The molecule has 45 heavy (non-hydrogen) atoms. The van der Waals surface area contributed by atoms with Crippen molar-refractivity contribution in [2.24, 2.45) is 0 Å². The van der Waals surface area contributed by atoms with Gasteiger partial charge < -0.3 is 4.42 Å². The van der Waals surface area contributed by atoms with Crippen LogP contribution in [-0.2, 0) is 0 Å². The number of hydrogen-bond donors (Lipinski definition) is 0. The molecule has 0 bridgehead atoms. The van der Waals surface area contributed by atoms with Crippen LogP contribution >= 0.6 is 0 Å². The van der Waals surface area contributed by atoms with E-state index >= 15 is 0 Å². The second-order valence-corrected chi connectivity index (χ2v) is 10.0. The van der Waals surface area contributed by atoms with E-state index in [4.69, 9.17) is 20.9 Å². The van der Waals surface area contributed by atoms with Crippen molar-refractivity contribution in [3.8, 4) is 44.5 Å². The van der Waals surface area contributed by atoms with E-state index in [1.807, 2.05) is 0 Å². The third kappa shape index (κ3) is 4.17. The third-order valence-corrected chi connectivity index (χ3v) is 7.55. The van der Waals surface area contributed by atoms with Crippen molar-refractivity contribution in [3.63, 3.8) is 0 Å². The van der Waals surface area contributed by atoms with Gasteiger partial charge in [0.2, 0.25) is 0 Å². The third-order valence-electron chi connectivity index (χ3n) is 7.55. The van der Waals surface area contributed by atoms with Crippen LogP contribution in [0.25, 0.3) is 88.0 Å². The van der Waals surface area contributed by atoms with Crippen LogP contribution in [0.4, 0.5) is 0 Å². The zero-order valence-corrected chi connectivity index (χ0v) is 22.9. The second-order valence-electron chi connectivity index (χ2n) is 10.0. The van der Waals surface area contributed by atoms with Crippen LogP contribution in [0.5, 0.6) is 0 Å². The SMILES string of the molecule is [2H]c1c([2H])c([2H])c(-c2c([2H])c([2H])c(-c3c4c([2H])c([2H])c([2H])c([2H])c4c(-c4cccc5oc6ccccc6c45)c4c([2H])c([2H])c(-c5c([2H])c([2H])c([2H])c([2H])c5[2H])c([2H])c34)c([2H])c2[2H])c([2H])c1[2H]. The lowest BCUT2D eigenvalue weighted by molar-refractivity contribution is 0.669. The molecule has 1 aromatic heterocycles. The van der Waals surface area contributed by atoms with Gasteiger partial charge in [0.15, 0.2) is 0 Å². The van der Waals surface area contributed by atoms with Gasteiger partial charge >= 0.3 is 0 Å². The molecule has 0 aliphatic heterocycles. The molecule has 1 heterocycles. The monoisotopic (exact) mass is 593 g/mol. The molecule has 0 atom stereocenters. The zero-order valence-electron chi connectivity index (χ0n) is 43.9. The number of rotatable bonds is 4. The van der Waals surface area contributed by atoms with Crippen molar-refractivity contribution < 1.29 is 33.2 Å². The summed E-state index contributed by atoms with van der Waals surface area (Å²) < 4.78 is 194. The van der Waals surface area contributed by atoms with E-state index in [0.29, 0.717) is 21.9 Å². The van der Waals surface area contributed by atoms with Crippen LogP contribution in [0.2, 0.25) is 0 Å². The highest BCUT2D eigenvalue weighted by atomic mass is 16.3. The minimum atomic E-state index is -0.964. The van der Waals surface area contributed by atoms with Gasteiger partial charge in [-0.15, -0.1) is 0 Å². The summed E-state index contributed by atoms with van der Waals surface area (Å²) in [6, 6.07) is -6.07. The Balaban J connectivity index is 1.62. The Morgan fingerprint density at radius 1 is 0.378 bits per heavy atom. The van der Waals surface area contributed by atoms with Gasteiger partial charge in [-0.3, -0.25) is 0 Å². The normalized spacial score (nSPS) is 18.1. The zero-order chi connectivity index (χ0) is 48.0. The summed E-state index contributed by atoms with van der Waals surface area (Å²) in [5, 5.41) is -0.811. The van der Waals surface area contributed by atoms with Gasteiger partial charge in [-0.2, -0.15) is 0 Å². The van der Waals surface area contributed by atoms with Crippen molar-refractivity contribution in [3.05, 3.63) is 169 Å². The Labute approximate surface area is 291 Å². The summed E-state index contributed by atoms with van der Waals surface area (Å²) in [5.74, 6) is 0. The van der Waals surface area contributed by atoms with Gasteiger partial charge in [0.25, 0.3) is 0 Å². The van der Waals surface area contributed by atoms with Crippen molar-refractivity contribution in [2.45, 2.75) is 0 Å². The topological polar surface area (TPSA) is 13.1 Å². The number of fused-ring (bicyclic) bond motifs is 5. The molecule has 0 spiro atoms. The molecule has 0 aliphatic carbocycles. The summed E-state index contributed by atoms with van der Waals surface area (Å²) in [6.45, 7) is 0. The molecule has 210 valence electrons. The predicted octanol–water partition coefficient (Wildman–Crippen LogP) is 12.6. The van der Waals surface area contributed by atoms with Crippen LogP contribution in [0.1, 0.15) is 28.8 Å². The van der Waals surface area contributed by atoms with Crippen molar-refractivity contribution in [1.29, 1.82) is 0 Å². The van der Waals surface area contributed by atoms with E-state index in [1.165, 1.54) is 0 Å². The minimum Gasteiger partial charge on any atom is -0.456 e. The fraction of sp³-hybridized carbons (Fsp3) is 0. The molecule has 0 saturated carbocycles. The van der Waals surface area contributed by atoms with E-state index in [9.17, 15) is 12.3 Å². The molecule has 0 radical (unpaired) electrons. The maximum Gasteiger partial charge on any atom is 0.136 e. The van der Waals surface area contributed by atoms with Crippen LogP contribution in [0.15, 0.2) is 174 Å². The molecule has 0 N–H and O–H groups in total. The average Bonchev–Trinajstić information content (AvgIpc) is 3.69. The molecule has 0 aliphatic rings. The predicted molar refractivity (Wildman–Crippen MR) is 190 cm³/mol. The number of para-hydroxylation sites is 1. The van der Waals surface area contributed by atoms with Crippen LogP contribution in [0.3, 0.4) is 0 Å². The average molecular weight is 594 g/mol. The van der Waals surface area contributed by atoms with Gasteiger partial charge in [-0.1, -0.05) is 151 Å². The molecule has 9 aromatic rings. The number of hydrogen-bond acceptors (Lipinski definition) is 1.